The largest absolute Gasteiger partial charge is 0.503 e. The second-order valence-electron chi connectivity index (χ2n) is 4.86. The van der Waals surface area contributed by atoms with E-state index < -0.39 is 0 Å². The number of methoxy groups -OCH3 is 2. The molecular weight excluding hydrogens is 348 g/mol. The van der Waals surface area contributed by atoms with Gasteiger partial charge < -0.3 is 19.1 Å². The SMILES string of the molecule is COc1ccc2c(c1)nc(-c1cc(Br)c(O)c(OC)c1)n2C. The molecule has 0 amide bonds. The van der Waals surface area contributed by atoms with E-state index in [2.05, 4.69) is 20.9 Å². The Morgan fingerprint density at radius 2 is 1.91 bits per heavy atom. The van der Waals surface area contributed by atoms with Crippen LogP contribution in [0.15, 0.2) is 34.8 Å². The van der Waals surface area contributed by atoms with Crippen molar-refractivity contribution in [3.8, 4) is 28.6 Å². The van der Waals surface area contributed by atoms with E-state index in [9.17, 15) is 5.11 Å². The molecule has 0 saturated heterocycles. The molecule has 0 unspecified atom stereocenters. The number of ether oxygens (including phenoxy) is 2. The normalized spacial score (nSPS) is 10.9. The van der Waals surface area contributed by atoms with Gasteiger partial charge in [0.05, 0.1) is 29.7 Å². The number of fused-ring (bicyclic) bond motifs is 1. The van der Waals surface area contributed by atoms with Crippen molar-refractivity contribution >= 4 is 27.0 Å². The van der Waals surface area contributed by atoms with Gasteiger partial charge in [-0.15, -0.1) is 0 Å². The van der Waals surface area contributed by atoms with E-state index in [0.717, 1.165) is 28.2 Å². The Kier molecular flexibility index (Phi) is 3.70. The number of aryl methyl sites for hydroxylation is 1. The molecule has 6 heteroatoms. The van der Waals surface area contributed by atoms with Gasteiger partial charge in [0.1, 0.15) is 11.6 Å². The lowest BCUT2D eigenvalue weighted by Crippen LogP contribution is -1.94. The Morgan fingerprint density at radius 1 is 1.14 bits per heavy atom. The molecular formula is C16H15BrN2O3. The molecule has 1 heterocycles. The van der Waals surface area contributed by atoms with Crippen molar-refractivity contribution in [3.63, 3.8) is 0 Å². The Balaban J connectivity index is 2.22. The highest BCUT2D eigenvalue weighted by atomic mass is 79.9. The molecule has 0 aliphatic carbocycles. The first kappa shape index (κ1) is 14.7. The van der Waals surface area contributed by atoms with Crippen LogP contribution in [-0.4, -0.2) is 28.9 Å². The highest BCUT2D eigenvalue weighted by Gasteiger charge is 2.15. The van der Waals surface area contributed by atoms with Gasteiger partial charge in [0.2, 0.25) is 0 Å². The van der Waals surface area contributed by atoms with Crippen molar-refractivity contribution < 1.29 is 14.6 Å². The van der Waals surface area contributed by atoms with Crippen LogP contribution in [-0.2, 0) is 7.05 Å². The van der Waals surface area contributed by atoms with Gasteiger partial charge in [-0.1, -0.05) is 0 Å². The predicted octanol–water partition coefficient (Wildman–Crippen LogP) is 3.73. The fraction of sp³-hybridized carbons (Fsp3) is 0.188. The quantitative estimate of drug-likeness (QED) is 0.771. The molecule has 5 nitrogen and oxygen atoms in total. The van der Waals surface area contributed by atoms with Gasteiger partial charge in [0.15, 0.2) is 11.5 Å². The number of phenolic OH excluding ortho intramolecular Hbond substituents is 1. The maximum absolute atomic E-state index is 9.93. The Morgan fingerprint density at radius 3 is 2.59 bits per heavy atom. The van der Waals surface area contributed by atoms with E-state index in [0.29, 0.717) is 10.2 Å². The number of rotatable bonds is 3. The third kappa shape index (κ3) is 2.29. The maximum Gasteiger partial charge on any atom is 0.172 e. The molecule has 1 N–H and O–H groups in total. The molecule has 0 atom stereocenters. The molecule has 0 bridgehead atoms. The van der Waals surface area contributed by atoms with Crippen LogP contribution in [0.4, 0.5) is 0 Å². The van der Waals surface area contributed by atoms with E-state index >= 15 is 0 Å². The van der Waals surface area contributed by atoms with Gasteiger partial charge >= 0.3 is 0 Å². The zero-order valence-electron chi connectivity index (χ0n) is 12.4. The van der Waals surface area contributed by atoms with Crippen LogP contribution >= 0.6 is 15.9 Å². The third-order valence-electron chi connectivity index (χ3n) is 3.59. The molecule has 0 spiro atoms. The average Bonchev–Trinajstić information content (AvgIpc) is 2.86. The number of halogens is 1. The van der Waals surface area contributed by atoms with Crippen LogP contribution in [0, 0.1) is 0 Å². The summed E-state index contributed by atoms with van der Waals surface area (Å²) in [5, 5.41) is 9.93. The molecule has 0 fully saturated rings. The van der Waals surface area contributed by atoms with Crippen LogP contribution in [0.25, 0.3) is 22.4 Å². The summed E-state index contributed by atoms with van der Waals surface area (Å²) >= 11 is 3.34. The van der Waals surface area contributed by atoms with Crippen molar-refractivity contribution in [2.45, 2.75) is 0 Å². The summed E-state index contributed by atoms with van der Waals surface area (Å²) < 4.78 is 13.0. The smallest absolute Gasteiger partial charge is 0.172 e. The van der Waals surface area contributed by atoms with Crippen molar-refractivity contribution in [1.29, 1.82) is 0 Å². The monoisotopic (exact) mass is 362 g/mol. The minimum atomic E-state index is 0.0756. The number of phenols is 1. The van der Waals surface area contributed by atoms with Gasteiger partial charge in [-0.05, 0) is 40.2 Å². The van der Waals surface area contributed by atoms with Crippen molar-refractivity contribution in [2.75, 3.05) is 14.2 Å². The lowest BCUT2D eigenvalue weighted by molar-refractivity contribution is 0.372. The molecule has 3 aromatic rings. The second-order valence-corrected chi connectivity index (χ2v) is 5.71. The van der Waals surface area contributed by atoms with Crippen molar-refractivity contribution in [3.05, 3.63) is 34.8 Å². The van der Waals surface area contributed by atoms with E-state index in [1.807, 2.05) is 35.9 Å². The van der Waals surface area contributed by atoms with Gasteiger partial charge in [0, 0.05) is 18.7 Å². The number of aromatic nitrogens is 2. The topological polar surface area (TPSA) is 56.5 Å². The summed E-state index contributed by atoms with van der Waals surface area (Å²) in [7, 11) is 5.10. The summed E-state index contributed by atoms with van der Waals surface area (Å²) in [6, 6.07) is 9.35. The van der Waals surface area contributed by atoms with Crippen LogP contribution in [0.2, 0.25) is 0 Å². The first-order valence-electron chi connectivity index (χ1n) is 6.62. The summed E-state index contributed by atoms with van der Waals surface area (Å²) in [6.07, 6.45) is 0. The highest BCUT2D eigenvalue weighted by Crippen LogP contribution is 2.38. The fourth-order valence-electron chi connectivity index (χ4n) is 2.42. The summed E-state index contributed by atoms with van der Waals surface area (Å²) in [6.45, 7) is 0. The standard InChI is InChI=1S/C16H15BrN2O3/c1-19-13-5-4-10(21-2)8-12(13)18-16(19)9-6-11(17)15(20)14(7-9)22-3/h4-8,20H,1-3H3. The average molecular weight is 363 g/mol. The second kappa shape index (κ2) is 5.53. The maximum atomic E-state index is 9.93. The number of aromatic hydroxyl groups is 1. The van der Waals surface area contributed by atoms with Gasteiger partial charge in [-0.2, -0.15) is 0 Å². The van der Waals surface area contributed by atoms with Crippen LogP contribution in [0.1, 0.15) is 0 Å². The van der Waals surface area contributed by atoms with E-state index in [1.165, 1.54) is 7.11 Å². The van der Waals surface area contributed by atoms with E-state index in [4.69, 9.17) is 9.47 Å². The minimum Gasteiger partial charge on any atom is -0.503 e. The van der Waals surface area contributed by atoms with E-state index in [1.54, 1.807) is 13.2 Å². The number of hydrogen-bond donors (Lipinski definition) is 1. The zero-order chi connectivity index (χ0) is 15.9. The lowest BCUT2D eigenvalue weighted by atomic mass is 10.2. The van der Waals surface area contributed by atoms with Gasteiger partial charge in [0.25, 0.3) is 0 Å². The molecule has 2 aromatic carbocycles. The molecule has 1 aromatic heterocycles. The number of hydrogen-bond acceptors (Lipinski definition) is 4. The van der Waals surface area contributed by atoms with Crippen LogP contribution in [0.3, 0.4) is 0 Å². The summed E-state index contributed by atoms with van der Waals surface area (Å²) in [4.78, 5) is 4.66. The first-order chi connectivity index (χ1) is 10.5. The third-order valence-corrected chi connectivity index (χ3v) is 4.20. The summed E-state index contributed by atoms with van der Waals surface area (Å²) in [5.74, 6) is 2.02. The Hall–Kier alpha value is -2.21. The molecule has 0 radical (unpaired) electrons. The molecule has 0 aliphatic heterocycles. The van der Waals surface area contributed by atoms with Crippen molar-refractivity contribution in [1.82, 2.24) is 9.55 Å². The molecule has 3 rings (SSSR count). The highest BCUT2D eigenvalue weighted by molar-refractivity contribution is 9.10. The predicted molar refractivity (Wildman–Crippen MR) is 88.6 cm³/mol. The molecule has 22 heavy (non-hydrogen) atoms. The van der Waals surface area contributed by atoms with Crippen LogP contribution < -0.4 is 9.47 Å². The van der Waals surface area contributed by atoms with Gasteiger partial charge in [-0.25, -0.2) is 4.98 Å². The fourth-order valence-corrected chi connectivity index (χ4v) is 2.87. The van der Waals surface area contributed by atoms with E-state index in [-0.39, 0.29) is 5.75 Å². The minimum absolute atomic E-state index is 0.0756. The van der Waals surface area contributed by atoms with Crippen LogP contribution in [0.5, 0.6) is 17.2 Å². The number of imidazole rings is 1. The molecule has 114 valence electrons. The Bertz CT molecular complexity index is 858. The molecule has 0 aliphatic rings. The first-order valence-corrected chi connectivity index (χ1v) is 7.41. The zero-order valence-corrected chi connectivity index (χ0v) is 14.0. The van der Waals surface area contributed by atoms with Gasteiger partial charge in [-0.3, -0.25) is 0 Å². The Labute approximate surface area is 136 Å². The number of nitrogens with zero attached hydrogens (tertiary/aromatic N) is 2. The molecule has 0 saturated carbocycles. The van der Waals surface area contributed by atoms with Crippen molar-refractivity contribution in [2.24, 2.45) is 7.05 Å². The summed E-state index contributed by atoms with van der Waals surface area (Å²) in [5.41, 5.74) is 2.69. The number of benzene rings is 2. The lowest BCUT2D eigenvalue weighted by Gasteiger charge is -2.09.